The van der Waals surface area contributed by atoms with Crippen LogP contribution in [-0.2, 0) is 0 Å². The van der Waals surface area contributed by atoms with Gasteiger partial charge in [0.2, 0.25) is 0 Å². The third-order valence-corrected chi connectivity index (χ3v) is 3.25. The second kappa shape index (κ2) is 5.83. The highest BCUT2D eigenvalue weighted by atomic mass is 35.5. The Bertz CT molecular complexity index is 384. The van der Waals surface area contributed by atoms with Gasteiger partial charge in [0, 0.05) is 11.9 Å². The third kappa shape index (κ3) is 5.50. The Morgan fingerprint density at radius 3 is 2.71 bits per heavy atom. The largest absolute Gasteiger partial charge is 0.349 e. The molecule has 0 aliphatic carbocycles. The maximum absolute atomic E-state index is 11.7. The Hall–Kier alpha value is -0.610. The fourth-order valence-electron chi connectivity index (χ4n) is 1.50. The molecule has 1 aromatic heterocycles. The number of hydrogen-bond acceptors (Lipinski definition) is 3. The van der Waals surface area contributed by atoms with Crippen LogP contribution >= 0.6 is 22.9 Å². The summed E-state index contributed by atoms with van der Waals surface area (Å²) in [6.07, 6.45) is 0.866. The van der Waals surface area contributed by atoms with Crippen molar-refractivity contribution >= 4 is 28.8 Å². The van der Waals surface area contributed by atoms with Crippen molar-refractivity contribution in [3.8, 4) is 0 Å². The van der Waals surface area contributed by atoms with Gasteiger partial charge in [-0.15, -0.1) is 22.9 Å². The van der Waals surface area contributed by atoms with Crippen LogP contribution in [0.3, 0.4) is 0 Å². The minimum Gasteiger partial charge on any atom is -0.349 e. The zero-order valence-electron chi connectivity index (χ0n) is 10.7. The Balaban J connectivity index is 2.38. The van der Waals surface area contributed by atoms with Crippen LogP contribution in [0.4, 0.5) is 0 Å². The lowest BCUT2D eigenvalue weighted by molar-refractivity contribution is 0.0947. The molecule has 0 aromatic carbocycles. The molecular formula is C12H19ClN2OS. The maximum Gasteiger partial charge on any atom is 0.270 e. The first kappa shape index (κ1) is 14.5. The van der Waals surface area contributed by atoms with Crippen molar-refractivity contribution in [2.75, 3.05) is 6.54 Å². The van der Waals surface area contributed by atoms with Gasteiger partial charge in [0.15, 0.2) is 0 Å². The Morgan fingerprint density at radius 2 is 2.24 bits per heavy atom. The molecular weight excluding hydrogens is 256 g/mol. The monoisotopic (exact) mass is 274 g/mol. The predicted molar refractivity (Wildman–Crippen MR) is 72.9 cm³/mol. The van der Waals surface area contributed by atoms with Gasteiger partial charge in [-0.05, 0) is 18.8 Å². The molecule has 1 heterocycles. The van der Waals surface area contributed by atoms with Gasteiger partial charge in [-0.1, -0.05) is 20.8 Å². The van der Waals surface area contributed by atoms with Gasteiger partial charge in [0.1, 0.15) is 5.69 Å². The predicted octanol–water partition coefficient (Wildman–Crippen LogP) is 3.22. The number of nitrogens with zero attached hydrogens (tertiary/aromatic N) is 1. The van der Waals surface area contributed by atoms with E-state index in [1.165, 1.54) is 11.3 Å². The molecule has 0 radical (unpaired) electrons. The van der Waals surface area contributed by atoms with Gasteiger partial charge < -0.3 is 5.32 Å². The fourth-order valence-corrected chi connectivity index (χ4v) is 2.63. The molecule has 5 heteroatoms. The average Bonchev–Trinajstić information content (AvgIpc) is 2.58. The molecule has 17 heavy (non-hydrogen) atoms. The number of nitrogens with one attached hydrogen (secondary N) is 1. The van der Waals surface area contributed by atoms with E-state index in [0.29, 0.717) is 12.2 Å². The molecule has 0 spiro atoms. The first-order valence-corrected chi connectivity index (χ1v) is 6.94. The lowest BCUT2D eigenvalue weighted by Crippen LogP contribution is -2.31. The molecule has 1 amide bonds. The quantitative estimate of drug-likeness (QED) is 0.857. The summed E-state index contributed by atoms with van der Waals surface area (Å²) in [5, 5.41) is 5.42. The number of carbonyl (C=O) groups excluding carboxylic acids is 1. The van der Waals surface area contributed by atoms with Crippen molar-refractivity contribution in [3.63, 3.8) is 0 Å². The van der Waals surface area contributed by atoms with Crippen LogP contribution in [-0.4, -0.2) is 22.8 Å². The molecule has 0 aliphatic rings. The fraction of sp³-hybridized carbons (Fsp3) is 0.667. The SMILES string of the molecule is Cc1nc(C(=O)NCC(Cl)CC(C)(C)C)cs1. The lowest BCUT2D eigenvalue weighted by Gasteiger charge is -2.21. The van der Waals surface area contributed by atoms with E-state index >= 15 is 0 Å². The van der Waals surface area contributed by atoms with E-state index in [1.807, 2.05) is 6.92 Å². The van der Waals surface area contributed by atoms with Crippen LogP contribution in [0.2, 0.25) is 0 Å². The van der Waals surface area contributed by atoms with Crippen molar-refractivity contribution in [3.05, 3.63) is 16.1 Å². The van der Waals surface area contributed by atoms with Crippen molar-refractivity contribution in [2.45, 2.75) is 39.5 Å². The topological polar surface area (TPSA) is 42.0 Å². The molecule has 0 saturated carbocycles. The third-order valence-electron chi connectivity index (χ3n) is 2.17. The molecule has 1 aromatic rings. The van der Waals surface area contributed by atoms with Crippen LogP contribution < -0.4 is 5.32 Å². The molecule has 96 valence electrons. The van der Waals surface area contributed by atoms with E-state index in [9.17, 15) is 4.79 Å². The Kier molecular flexibility index (Phi) is 4.95. The van der Waals surface area contributed by atoms with Crippen molar-refractivity contribution in [1.82, 2.24) is 10.3 Å². The number of alkyl halides is 1. The average molecular weight is 275 g/mol. The molecule has 1 atom stereocenters. The van der Waals surface area contributed by atoms with E-state index < -0.39 is 0 Å². The molecule has 0 fully saturated rings. The number of hydrogen-bond donors (Lipinski definition) is 1. The van der Waals surface area contributed by atoms with E-state index in [2.05, 4.69) is 31.1 Å². The van der Waals surface area contributed by atoms with E-state index in [-0.39, 0.29) is 16.7 Å². The number of aryl methyl sites for hydroxylation is 1. The lowest BCUT2D eigenvalue weighted by atomic mass is 9.90. The summed E-state index contributed by atoms with van der Waals surface area (Å²) in [6, 6.07) is 0. The normalized spacial score (nSPS) is 13.5. The second-order valence-electron chi connectivity index (χ2n) is 5.32. The van der Waals surface area contributed by atoms with Crippen LogP contribution in [0.5, 0.6) is 0 Å². The summed E-state index contributed by atoms with van der Waals surface area (Å²) in [5.41, 5.74) is 0.654. The van der Waals surface area contributed by atoms with Crippen molar-refractivity contribution < 1.29 is 4.79 Å². The molecule has 0 bridgehead atoms. The molecule has 1 N–H and O–H groups in total. The number of halogens is 1. The summed E-state index contributed by atoms with van der Waals surface area (Å²) in [6.45, 7) is 8.76. The molecule has 1 unspecified atom stereocenters. The summed E-state index contributed by atoms with van der Waals surface area (Å²) in [5.74, 6) is -0.145. The van der Waals surface area contributed by atoms with E-state index in [0.717, 1.165) is 11.4 Å². The van der Waals surface area contributed by atoms with Crippen molar-refractivity contribution in [1.29, 1.82) is 0 Å². The van der Waals surface area contributed by atoms with Gasteiger partial charge in [0.25, 0.3) is 5.91 Å². The van der Waals surface area contributed by atoms with Crippen LogP contribution in [0.1, 0.15) is 42.7 Å². The summed E-state index contributed by atoms with van der Waals surface area (Å²) < 4.78 is 0. The van der Waals surface area contributed by atoms with Gasteiger partial charge >= 0.3 is 0 Å². The molecule has 3 nitrogen and oxygen atoms in total. The Labute approximate surface area is 112 Å². The van der Waals surface area contributed by atoms with E-state index in [4.69, 9.17) is 11.6 Å². The maximum atomic E-state index is 11.7. The number of rotatable bonds is 4. The highest BCUT2D eigenvalue weighted by Gasteiger charge is 2.18. The van der Waals surface area contributed by atoms with E-state index in [1.54, 1.807) is 5.38 Å². The van der Waals surface area contributed by atoms with Gasteiger partial charge in [-0.25, -0.2) is 4.98 Å². The van der Waals surface area contributed by atoms with Crippen LogP contribution in [0, 0.1) is 12.3 Å². The second-order valence-corrected chi connectivity index (χ2v) is 7.00. The Morgan fingerprint density at radius 1 is 1.59 bits per heavy atom. The van der Waals surface area contributed by atoms with Gasteiger partial charge in [0.05, 0.1) is 10.4 Å². The zero-order valence-corrected chi connectivity index (χ0v) is 12.3. The molecule has 1 rings (SSSR count). The highest BCUT2D eigenvalue weighted by molar-refractivity contribution is 7.09. The minimum atomic E-state index is -0.145. The summed E-state index contributed by atoms with van der Waals surface area (Å²) in [4.78, 5) is 15.8. The van der Waals surface area contributed by atoms with Gasteiger partial charge in [-0.2, -0.15) is 0 Å². The number of carbonyl (C=O) groups is 1. The summed E-state index contributed by atoms with van der Waals surface area (Å²) in [7, 11) is 0. The molecule has 0 saturated heterocycles. The minimum absolute atomic E-state index is 0.0429. The van der Waals surface area contributed by atoms with Crippen LogP contribution in [0.15, 0.2) is 5.38 Å². The smallest absolute Gasteiger partial charge is 0.270 e. The van der Waals surface area contributed by atoms with Gasteiger partial charge in [-0.3, -0.25) is 4.79 Å². The van der Waals surface area contributed by atoms with Crippen molar-refractivity contribution in [2.24, 2.45) is 5.41 Å². The van der Waals surface area contributed by atoms with Crippen LogP contribution in [0.25, 0.3) is 0 Å². The number of amides is 1. The number of aromatic nitrogens is 1. The molecule has 0 aliphatic heterocycles. The standard InChI is InChI=1S/C12H19ClN2OS/c1-8-15-10(7-17-8)11(16)14-6-9(13)5-12(2,3)4/h7,9H,5-6H2,1-4H3,(H,14,16). The first-order chi connectivity index (χ1) is 7.78. The first-order valence-electron chi connectivity index (χ1n) is 5.62. The summed E-state index contributed by atoms with van der Waals surface area (Å²) >= 11 is 7.64. The number of thiazole rings is 1. The zero-order chi connectivity index (χ0) is 13.1. The highest BCUT2D eigenvalue weighted by Crippen LogP contribution is 2.23.